The van der Waals surface area contributed by atoms with Crippen LogP contribution in [0, 0.1) is 0 Å². The van der Waals surface area contributed by atoms with Crippen LogP contribution in [-0.4, -0.2) is 28.2 Å². The van der Waals surface area contributed by atoms with E-state index in [4.69, 9.17) is 4.52 Å². The summed E-state index contributed by atoms with van der Waals surface area (Å²) in [7, 11) is 0. The molecule has 1 aliphatic heterocycles. The third-order valence-electron chi connectivity index (χ3n) is 2.98. The lowest BCUT2D eigenvalue weighted by Crippen LogP contribution is -2.08. The second kappa shape index (κ2) is 4.63. The summed E-state index contributed by atoms with van der Waals surface area (Å²) in [6.45, 7) is 1.97. The standard InChI is InChI=1S/C12H14N4O/c1-2-9(7-13-4-1)6-11-15-12(17-16-11)10-3-5-14-8-10/h1-2,4,7,10,14H,3,5-6,8H2. The Morgan fingerprint density at radius 2 is 2.47 bits per heavy atom. The molecule has 5 heteroatoms. The molecule has 1 fully saturated rings. The lowest BCUT2D eigenvalue weighted by molar-refractivity contribution is 0.355. The van der Waals surface area contributed by atoms with Crippen LogP contribution in [0.4, 0.5) is 0 Å². The van der Waals surface area contributed by atoms with Gasteiger partial charge in [-0.25, -0.2) is 0 Å². The quantitative estimate of drug-likeness (QED) is 0.856. The largest absolute Gasteiger partial charge is 0.339 e. The average molecular weight is 230 g/mol. The summed E-state index contributed by atoms with van der Waals surface area (Å²) in [6, 6.07) is 3.93. The minimum absolute atomic E-state index is 0.380. The summed E-state index contributed by atoms with van der Waals surface area (Å²) in [5.41, 5.74) is 1.10. The molecule has 3 heterocycles. The predicted molar refractivity (Wildman–Crippen MR) is 61.6 cm³/mol. The molecule has 0 spiro atoms. The number of nitrogens with one attached hydrogen (secondary N) is 1. The lowest BCUT2D eigenvalue weighted by atomic mass is 10.1. The molecule has 2 aromatic heterocycles. The molecule has 3 rings (SSSR count). The van der Waals surface area contributed by atoms with E-state index in [-0.39, 0.29) is 0 Å². The van der Waals surface area contributed by atoms with E-state index in [0.717, 1.165) is 36.8 Å². The first-order chi connectivity index (χ1) is 8.42. The number of rotatable bonds is 3. The van der Waals surface area contributed by atoms with Crippen molar-refractivity contribution in [2.24, 2.45) is 0 Å². The van der Waals surface area contributed by atoms with Gasteiger partial charge in [0, 0.05) is 25.4 Å². The molecule has 88 valence electrons. The highest BCUT2D eigenvalue weighted by atomic mass is 16.5. The molecule has 17 heavy (non-hydrogen) atoms. The zero-order valence-electron chi connectivity index (χ0n) is 9.47. The number of hydrogen-bond acceptors (Lipinski definition) is 5. The molecule has 1 N–H and O–H groups in total. The second-order valence-corrected chi connectivity index (χ2v) is 4.28. The monoisotopic (exact) mass is 230 g/mol. The Bertz CT molecular complexity index is 476. The summed E-state index contributed by atoms with van der Waals surface area (Å²) >= 11 is 0. The smallest absolute Gasteiger partial charge is 0.231 e. The molecular weight excluding hydrogens is 216 g/mol. The van der Waals surface area contributed by atoms with Crippen LogP contribution >= 0.6 is 0 Å². The van der Waals surface area contributed by atoms with Gasteiger partial charge in [0.1, 0.15) is 0 Å². The van der Waals surface area contributed by atoms with Gasteiger partial charge in [0.25, 0.3) is 0 Å². The number of aromatic nitrogens is 3. The van der Waals surface area contributed by atoms with Crippen molar-refractivity contribution in [1.29, 1.82) is 0 Å². The zero-order chi connectivity index (χ0) is 11.5. The molecule has 1 unspecified atom stereocenters. The number of nitrogens with zero attached hydrogens (tertiary/aromatic N) is 3. The first-order valence-electron chi connectivity index (χ1n) is 5.84. The molecule has 0 bridgehead atoms. The van der Waals surface area contributed by atoms with E-state index < -0.39 is 0 Å². The second-order valence-electron chi connectivity index (χ2n) is 4.28. The van der Waals surface area contributed by atoms with Crippen molar-refractivity contribution in [3.8, 4) is 0 Å². The van der Waals surface area contributed by atoms with Crippen LogP contribution in [0.15, 0.2) is 29.0 Å². The van der Waals surface area contributed by atoms with Gasteiger partial charge in [-0.2, -0.15) is 4.98 Å². The lowest BCUT2D eigenvalue weighted by Gasteiger charge is -1.98. The molecule has 0 amide bonds. The van der Waals surface area contributed by atoms with Gasteiger partial charge < -0.3 is 9.84 Å². The Morgan fingerprint density at radius 1 is 1.47 bits per heavy atom. The minimum Gasteiger partial charge on any atom is -0.339 e. The molecule has 1 atom stereocenters. The van der Waals surface area contributed by atoms with Crippen LogP contribution in [-0.2, 0) is 6.42 Å². The Morgan fingerprint density at radius 3 is 3.24 bits per heavy atom. The summed E-state index contributed by atoms with van der Waals surface area (Å²) in [4.78, 5) is 8.51. The number of pyridine rings is 1. The maximum atomic E-state index is 5.30. The van der Waals surface area contributed by atoms with Crippen LogP contribution in [0.3, 0.4) is 0 Å². The van der Waals surface area contributed by atoms with Crippen molar-refractivity contribution >= 4 is 0 Å². The molecular formula is C12H14N4O. The zero-order valence-corrected chi connectivity index (χ0v) is 9.47. The van der Waals surface area contributed by atoms with Crippen molar-refractivity contribution in [2.75, 3.05) is 13.1 Å². The van der Waals surface area contributed by atoms with E-state index in [2.05, 4.69) is 20.4 Å². The number of hydrogen-bond donors (Lipinski definition) is 1. The van der Waals surface area contributed by atoms with Gasteiger partial charge in [-0.1, -0.05) is 11.2 Å². The van der Waals surface area contributed by atoms with Crippen LogP contribution in [0.25, 0.3) is 0 Å². The average Bonchev–Trinajstić information content (AvgIpc) is 3.00. The first kappa shape index (κ1) is 10.4. The fourth-order valence-corrected chi connectivity index (χ4v) is 2.06. The maximum Gasteiger partial charge on any atom is 0.231 e. The van der Waals surface area contributed by atoms with E-state index in [9.17, 15) is 0 Å². The molecule has 0 aromatic carbocycles. The van der Waals surface area contributed by atoms with Crippen LogP contribution in [0.1, 0.15) is 29.6 Å². The van der Waals surface area contributed by atoms with Crippen LogP contribution in [0.5, 0.6) is 0 Å². The van der Waals surface area contributed by atoms with Gasteiger partial charge in [-0.05, 0) is 24.6 Å². The van der Waals surface area contributed by atoms with E-state index in [1.807, 2.05) is 18.3 Å². The molecule has 2 aromatic rings. The SMILES string of the molecule is c1cncc(Cc2noc(C3CCNC3)n2)c1. The van der Waals surface area contributed by atoms with Gasteiger partial charge in [0.05, 0.1) is 5.92 Å². The highest BCUT2D eigenvalue weighted by Crippen LogP contribution is 2.20. The van der Waals surface area contributed by atoms with E-state index in [1.165, 1.54) is 0 Å². The van der Waals surface area contributed by atoms with Gasteiger partial charge in [-0.15, -0.1) is 0 Å². The minimum atomic E-state index is 0.380. The highest BCUT2D eigenvalue weighted by Gasteiger charge is 2.22. The molecule has 0 radical (unpaired) electrons. The Kier molecular flexibility index (Phi) is 2.83. The van der Waals surface area contributed by atoms with Crippen molar-refractivity contribution < 1.29 is 4.52 Å². The fraction of sp³-hybridized carbons (Fsp3) is 0.417. The molecule has 0 saturated carbocycles. The third kappa shape index (κ3) is 2.34. The summed E-state index contributed by atoms with van der Waals surface area (Å²) in [6.07, 6.45) is 5.34. The summed E-state index contributed by atoms with van der Waals surface area (Å²) in [5, 5.41) is 7.31. The highest BCUT2D eigenvalue weighted by molar-refractivity contribution is 5.14. The topological polar surface area (TPSA) is 63.8 Å². The normalized spacial score (nSPS) is 19.6. The molecule has 5 nitrogen and oxygen atoms in total. The van der Waals surface area contributed by atoms with Crippen molar-refractivity contribution in [1.82, 2.24) is 20.4 Å². The summed E-state index contributed by atoms with van der Waals surface area (Å²) in [5.74, 6) is 1.87. The fourth-order valence-electron chi connectivity index (χ4n) is 2.06. The third-order valence-corrected chi connectivity index (χ3v) is 2.98. The molecule has 0 aliphatic carbocycles. The van der Waals surface area contributed by atoms with Gasteiger partial charge in [-0.3, -0.25) is 4.98 Å². The van der Waals surface area contributed by atoms with Gasteiger partial charge >= 0.3 is 0 Å². The van der Waals surface area contributed by atoms with Crippen LogP contribution in [0.2, 0.25) is 0 Å². The predicted octanol–water partition coefficient (Wildman–Crippen LogP) is 1.13. The Labute approximate surface area is 99.3 Å². The van der Waals surface area contributed by atoms with Crippen LogP contribution < -0.4 is 5.32 Å². The van der Waals surface area contributed by atoms with E-state index in [1.54, 1.807) is 6.20 Å². The molecule has 1 aliphatic rings. The van der Waals surface area contributed by atoms with Gasteiger partial charge in [0.15, 0.2) is 5.82 Å². The summed E-state index contributed by atoms with van der Waals surface area (Å²) < 4.78 is 5.30. The van der Waals surface area contributed by atoms with E-state index >= 15 is 0 Å². The van der Waals surface area contributed by atoms with Gasteiger partial charge in [0.2, 0.25) is 5.89 Å². The Hall–Kier alpha value is -1.75. The van der Waals surface area contributed by atoms with E-state index in [0.29, 0.717) is 12.3 Å². The van der Waals surface area contributed by atoms with Crippen molar-refractivity contribution in [3.63, 3.8) is 0 Å². The van der Waals surface area contributed by atoms with Crippen molar-refractivity contribution in [2.45, 2.75) is 18.8 Å². The van der Waals surface area contributed by atoms with Crippen molar-refractivity contribution in [3.05, 3.63) is 41.8 Å². The molecule has 1 saturated heterocycles. The Balaban J connectivity index is 1.72. The maximum absolute atomic E-state index is 5.30. The first-order valence-corrected chi connectivity index (χ1v) is 5.84.